The third-order valence-electron chi connectivity index (χ3n) is 8.76. The average Bonchev–Trinajstić information content (AvgIpc) is 3.14. The lowest BCUT2D eigenvalue weighted by Gasteiger charge is -2.18. The van der Waals surface area contributed by atoms with Crippen molar-refractivity contribution in [2.24, 2.45) is 0 Å². The molecule has 0 spiro atoms. The van der Waals surface area contributed by atoms with E-state index in [0.29, 0.717) is 13.0 Å². The summed E-state index contributed by atoms with van der Waals surface area (Å²) < 4.78 is 17.1. The van der Waals surface area contributed by atoms with Crippen LogP contribution in [0.1, 0.15) is 188 Å². The third-order valence-corrected chi connectivity index (χ3v) is 8.76. The van der Waals surface area contributed by atoms with Gasteiger partial charge >= 0.3 is 11.9 Å². The summed E-state index contributed by atoms with van der Waals surface area (Å²) in [6.45, 7) is 7.53. The van der Waals surface area contributed by atoms with Crippen LogP contribution in [0.5, 0.6) is 0 Å². The van der Waals surface area contributed by atoms with Crippen molar-refractivity contribution >= 4 is 11.9 Å². The fraction of sp³-hybridized carbons (Fsp3) is 0.702. The van der Waals surface area contributed by atoms with Gasteiger partial charge in [-0.1, -0.05) is 177 Å². The van der Waals surface area contributed by atoms with Crippen LogP contribution in [0.4, 0.5) is 0 Å². The van der Waals surface area contributed by atoms with Crippen LogP contribution in [0, 0.1) is 0 Å². The standard InChI is InChI=1S/C47H80O5/c1-4-7-10-13-16-18-20-22-24-25-27-29-32-34-37-40-46(48)51-44-45(52-47(49)41-38-35-31-15-12-9-6-3)43-50-42-39-36-33-30-28-26-23-21-19-17-14-11-8-5-2/h7,10,16,18-19,21-22,24,27,29,34,37,45H,4-6,8-9,11-15,17,20,23,25-26,28,30-33,35-36,38-44H2,1-3H3/b10-7-,18-16-,21-19-,24-22-,29-27-,37-34-. The minimum atomic E-state index is -0.575. The Morgan fingerprint density at radius 1 is 0.462 bits per heavy atom. The molecule has 0 aliphatic rings. The summed E-state index contributed by atoms with van der Waals surface area (Å²) in [4.78, 5) is 25.0. The fourth-order valence-electron chi connectivity index (χ4n) is 5.58. The summed E-state index contributed by atoms with van der Waals surface area (Å²) >= 11 is 0. The van der Waals surface area contributed by atoms with Crippen molar-refractivity contribution in [2.75, 3.05) is 19.8 Å². The Morgan fingerprint density at radius 3 is 1.48 bits per heavy atom. The predicted octanol–water partition coefficient (Wildman–Crippen LogP) is 14.0. The number of carbonyl (C=O) groups excluding carboxylic acids is 2. The van der Waals surface area contributed by atoms with Crippen molar-refractivity contribution in [3.8, 4) is 0 Å². The van der Waals surface area contributed by atoms with Crippen molar-refractivity contribution < 1.29 is 23.8 Å². The summed E-state index contributed by atoms with van der Waals surface area (Å²) in [6.07, 6.45) is 53.6. The van der Waals surface area contributed by atoms with E-state index < -0.39 is 6.10 Å². The summed E-state index contributed by atoms with van der Waals surface area (Å²) in [5, 5.41) is 0. The highest BCUT2D eigenvalue weighted by atomic mass is 16.6. The molecule has 0 aromatic carbocycles. The molecule has 5 nitrogen and oxygen atoms in total. The summed E-state index contributed by atoms with van der Waals surface area (Å²) in [6, 6.07) is 0. The molecule has 5 heteroatoms. The first-order valence-electron chi connectivity index (χ1n) is 21.5. The molecule has 0 amide bonds. The maximum absolute atomic E-state index is 12.6. The lowest BCUT2D eigenvalue weighted by molar-refractivity contribution is -0.162. The minimum absolute atomic E-state index is 0.0273. The zero-order chi connectivity index (χ0) is 37.8. The fourth-order valence-corrected chi connectivity index (χ4v) is 5.58. The number of rotatable bonds is 38. The molecule has 0 saturated carbocycles. The average molecular weight is 725 g/mol. The molecule has 0 aromatic rings. The van der Waals surface area contributed by atoms with Gasteiger partial charge in [-0.2, -0.15) is 0 Å². The molecule has 0 heterocycles. The van der Waals surface area contributed by atoms with Crippen LogP contribution >= 0.6 is 0 Å². The first kappa shape index (κ1) is 49.3. The van der Waals surface area contributed by atoms with Crippen LogP contribution in [-0.2, 0) is 23.8 Å². The molecule has 0 radical (unpaired) electrons. The van der Waals surface area contributed by atoms with Gasteiger partial charge in [0.25, 0.3) is 0 Å². The maximum Gasteiger partial charge on any atom is 0.309 e. The highest BCUT2D eigenvalue weighted by Crippen LogP contribution is 2.12. The Kier molecular flexibility index (Phi) is 40.6. The number of hydrogen-bond donors (Lipinski definition) is 0. The molecule has 0 aliphatic carbocycles. The van der Waals surface area contributed by atoms with E-state index in [2.05, 4.69) is 81.5 Å². The Hall–Kier alpha value is -2.66. The Balaban J connectivity index is 4.32. The lowest BCUT2D eigenvalue weighted by atomic mass is 10.1. The molecule has 0 bridgehead atoms. The zero-order valence-corrected chi connectivity index (χ0v) is 34.1. The Labute approximate surface area is 321 Å². The van der Waals surface area contributed by atoms with Gasteiger partial charge in [0.05, 0.1) is 13.0 Å². The molecular weight excluding hydrogens is 645 g/mol. The Morgan fingerprint density at radius 2 is 0.923 bits per heavy atom. The van der Waals surface area contributed by atoms with Crippen molar-refractivity contribution in [3.63, 3.8) is 0 Å². The van der Waals surface area contributed by atoms with E-state index in [1.54, 1.807) is 0 Å². The first-order chi connectivity index (χ1) is 25.6. The van der Waals surface area contributed by atoms with E-state index in [1.165, 1.54) is 89.9 Å². The van der Waals surface area contributed by atoms with Crippen molar-refractivity contribution in [1.82, 2.24) is 0 Å². The highest BCUT2D eigenvalue weighted by Gasteiger charge is 2.17. The molecule has 0 aromatic heterocycles. The topological polar surface area (TPSA) is 61.8 Å². The molecule has 0 fully saturated rings. The van der Waals surface area contributed by atoms with E-state index >= 15 is 0 Å². The zero-order valence-electron chi connectivity index (χ0n) is 34.1. The van der Waals surface area contributed by atoms with Gasteiger partial charge in [0, 0.05) is 13.0 Å². The van der Waals surface area contributed by atoms with Gasteiger partial charge < -0.3 is 14.2 Å². The van der Waals surface area contributed by atoms with Crippen LogP contribution in [0.15, 0.2) is 72.9 Å². The minimum Gasteiger partial charge on any atom is -0.461 e. The smallest absolute Gasteiger partial charge is 0.309 e. The van der Waals surface area contributed by atoms with E-state index in [0.717, 1.165) is 64.2 Å². The van der Waals surface area contributed by atoms with Gasteiger partial charge in [-0.15, -0.1) is 0 Å². The van der Waals surface area contributed by atoms with E-state index in [1.807, 2.05) is 12.2 Å². The third kappa shape index (κ3) is 40.1. The number of allylic oxidation sites excluding steroid dienone is 11. The number of unbranched alkanes of at least 4 members (excludes halogenated alkanes) is 16. The molecule has 52 heavy (non-hydrogen) atoms. The molecule has 0 aliphatic heterocycles. The Bertz CT molecular complexity index is 957. The van der Waals surface area contributed by atoms with E-state index in [-0.39, 0.29) is 31.6 Å². The van der Waals surface area contributed by atoms with Crippen molar-refractivity contribution in [1.29, 1.82) is 0 Å². The van der Waals surface area contributed by atoms with E-state index in [4.69, 9.17) is 14.2 Å². The predicted molar refractivity (Wildman–Crippen MR) is 224 cm³/mol. The van der Waals surface area contributed by atoms with Gasteiger partial charge in [-0.3, -0.25) is 9.59 Å². The molecule has 0 saturated heterocycles. The maximum atomic E-state index is 12.6. The number of esters is 2. The van der Waals surface area contributed by atoms with Crippen LogP contribution < -0.4 is 0 Å². The van der Waals surface area contributed by atoms with Gasteiger partial charge in [0.1, 0.15) is 6.61 Å². The number of ether oxygens (including phenoxy) is 3. The van der Waals surface area contributed by atoms with Crippen LogP contribution in [-0.4, -0.2) is 37.9 Å². The molecule has 0 rings (SSSR count). The quantitative estimate of drug-likeness (QED) is 0.0360. The van der Waals surface area contributed by atoms with Gasteiger partial charge in [0.15, 0.2) is 6.10 Å². The second-order valence-corrected chi connectivity index (χ2v) is 13.9. The normalized spacial score (nSPS) is 12.9. The highest BCUT2D eigenvalue weighted by molar-refractivity contribution is 5.71. The van der Waals surface area contributed by atoms with Crippen LogP contribution in [0.25, 0.3) is 0 Å². The van der Waals surface area contributed by atoms with Crippen LogP contribution in [0.2, 0.25) is 0 Å². The van der Waals surface area contributed by atoms with Gasteiger partial charge in [-0.25, -0.2) is 0 Å². The largest absolute Gasteiger partial charge is 0.461 e. The van der Waals surface area contributed by atoms with Crippen molar-refractivity contribution in [2.45, 2.75) is 194 Å². The molecule has 0 N–H and O–H groups in total. The summed E-state index contributed by atoms with van der Waals surface area (Å²) in [5.41, 5.74) is 0. The van der Waals surface area contributed by atoms with Gasteiger partial charge in [-0.05, 0) is 70.6 Å². The SMILES string of the molecule is CC/C=C\C/C=C\C/C=C\C/C=C\C/C=C\CC(=O)OCC(COCCCCCCCC/C=C\CCCCCC)OC(=O)CCCCCCCCC. The number of hydrogen-bond acceptors (Lipinski definition) is 5. The molecule has 1 unspecified atom stereocenters. The lowest BCUT2D eigenvalue weighted by Crippen LogP contribution is -2.30. The van der Waals surface area contributed by atoms with Crippen LogP contribution in [0.3, 0.4) is 0 Å². The second kappa shape index (κ2) is 42.8. The van der Waals surface area contributed by atoms with E-state index in [9.17, 15) is 9.59 Å². The summed E-state index contributed by atoms with van der Waals surface area (Å²) in [5.74, 6) is -0.556. The monoisotopic (exact) mass is 725 g/mol. The molecular formula is C47H80O5. The second-order valence-electron chi connectivity index (χ2n) is 13.9. The van der Waals surface area contributed by atoms with Crippen molar-refractivity contribution in [3.05, 3.63) is 72.9 Å². The molecule has 298 valence electrons. The van der Waals surface area contributed by atoms with Gasteiger partial charge in [0.2, 0.25) is 0 Å². The first-order valence-corrected chi connectivity index (χ1v) is 21.5. The molecule has 1 atom stereocenters. The summed E-state index contributed by atoms with van der Waals surface area (Å²) in [7, 11) is 0. The number of carbonyl (C=O) groups is 2.